The van der Waals surface area contributed by atoms with Gasteiger partial charge in [-0.2, -0.15) is 0 Å². The molecule has 0 aromatic heterocycles. The molecule has 124 valence electrons. The summed E-state index contributed by atoms with van der Waals surface area (Å²) in [6.45, 7) is 0.637. The van der Waals surface area contributed by atoms with Gasteiger partial charge in [0.2, 0.25) is 5.91 Å². The lowest BCUT2D eigenvalue weighted by Gasteiger charge is -2.18. The molecule has 5 heteroatoms. The van der Waals surface area contributed by atoms with E-state index in [9.17, 15) is 9.59 Å². The Labute approximate surface area is 146 Å². The molecular weight excluding hydrogens is 324 g/mol. The van der Waals surface area contributed by atoms with Crippen LogP contribution in [0.25, 0.3) is 0 Å². The van der Waals surface area contributed by atoms with E-state index in [1.807, 2.05) is 30.3 Å². The van der Waals surface area contributed by atoms with Crippen LogP contribution in [-0.4, -0.2) is 37.4 Å². The molecule has 3 rings (SSSR count). The summed E-state index contributed by atoms with van der Waals surface area (Å²) in [6.07, 6.45) is 1.04. The Hall–Kier alpha value is -2.33. The number of carbonyl (C=O) groups excluding carboxylic acids is 2. The summed E-state index contributed by atoms with van der Waals surface area (Å²) in [7, 11) is 3.46. The van der Waals surface area contributed by atoms with Crippen molar-refractivity contribution in [3.63, 3.8) is 0 Å². The SMILES string of the molecule is CN(C)C(=O)c1ccc2c(c1)CCN2C(=O)Cc1ccccc1Cl. The molecule has 24 heavy (non-hydrogen) atoms. The van der Waals surface area contributed by atoms with Crippen LogP contribution in [0.5, 0.6) is 0 Å². The molecule has 1 heterocycles. The molecular formula is C19H19ClN2O2. The topological polar surface area (TPSA) is 40.6 Å². The third kappa shape index (κ3) is 3.15. The lowest BCUT2D eigenvalue weighted by atomic mass is 10.1. The molecule has 0 saturated heterocycles. The fourth-order valence-corrected chi connectivity index (χ4v) is 3.15. The number of hydrogen-bond donors (Lipinski definition) is 0. The van der Waals surface area contributed by atoms with Crippen LogP contribution < -0.4 is 4.90 Å². The molecule has 0 fully saturated rings. The van der Waals surface area contributed by atoms with Gasteiger partial charge in [0, 0.05) is 36.9 Å². The molecule has 2 aromatic rings. The molecule has 4 nitrogen and oxygen atoms in total. The van der Waals surface area contributed by atoms with Crippen molar-refractivity contribution in [1.82, 2.24) is 4.90 Å². The van der Waals surface area contributed by atoms with E-state index in [0.717, 1.165) is 23.2 Å². The maximum absolute atomic E-state index is 12.6. The van der Waals surface area contributed by atoms with E-state index in [-0.39, 0.29) is 18.2 Å². The van der Waals surface area contributed by atoms with Gasteiger partial charge in [-0.05, 0) is 41.8 Å². The van der Waals surface area contributed by atoms with Gasteiger partial charge in [-0.3, -0.25) is 9.59 Å². The molecule has 0 spiro atoms. The minimum Gasteiger partial charge on any atom is -0.345 e. The van der Waals surface area contributed by atoms with Gasteiger partial charge in [-0.15, -0.1) is 0 Å². The fourth-order valence-electron chi connectivity index (χ4n) is 2.95. The van der Waals surface area contributed by atoms with E-state index in [4.69, 9.17) is 11.6 Å². The first-order chi connectivity index (χ1) is 11.5. The lowest BCUT2D eigenvalue weighted by molar-refractivity contribution is -0.117. The molecule has 0 radical (unpaired) electrons. The van der Waals surface area contributed by atoms with Crippen LogP contribution in [0.3, 0.4) is 0 Å². The van der Waals surface area contributed by atoms with Crippen molar-refractivity contribution in [2.45, 2.75) is 12.8 Å². The van der Waals surface area contributed by atoms with Crippen LogP contribution in [0.15, 0.2) is 42.5 Å². The monoisotopic (exact) mass is 342 g/mol. The second-order valence-electron chi connectivity index (χ2n) is 6.11. The Morgan fingerprint density at radius 1 is 1.17 bits per heavy atom. The number of halogens is 1. The largest absolute Gasteiger partial charge is 0.345 e. The highest BCUT2D eigenvalue weighted by Crippen LogP contribution is 2.30. The Bertz CT molecular complexity index is 802. The average molecular weight is 343 g/mol. The third-order valence-electron chi connectivity index (χ3n) is 4.23. The summed E-state index contributed by atoms with van der Waals surface area (Å²) in [6, 6.07) is 12.9. The highest BCUT2D eigenvalue weighted by Gasteiger charge is 2.26. The molecule has 2 aromatic carbocycles. The number of rotatable bonds is 3. The van der Waals surface area contributed by atoms with Crippen molar-refractivity contribution in [2.75, 3.05) is 25.5 Å². The Kier molecular flexibility index (Phi) is 4.58. The van der Waals surface area contributed by atoms with E-state index in [1.54, 1.807) is 36.0 Å². The molecule has 0 aliphatic carbocycles. The minimum atomic E-state index is -0.0290. The molecule has 0 N–H and O–H groups in total. The molecule has 1 aliphatic rings. The van der Waals surface area contributed by atoms with Gasteiger partial charge in [0.1, 0.15) is 0 Å². The van der Waals surface area contributed by atoms with Gasteiger partial charge in [-0.25, -0.2) is 0 Å². The Morgan fingerprint density at radius 3 is 2.62 bits per heavy atom. The zero-order valence-electron chi connectivity index (χ0n) is 13.8. The van der Waals surface area contributed by atoms with Crippen molar-refractivity contribution in [2.24, 2.45) is 0 Å². The van der Waals surface area contributed by atoms with Gasteiger partial charge in [0.15, 0.2) is 0 Å². The predicted molar refractivity (Wildman–Crippen MR) is 95.7 cm³/mol. The quantitative estimate of drug-likeness (QED) is 0.859. The molecule has 0 unspecified atom stereocenters. The molecule has 1 aliphatic heterocycles. The van der Waals surface area contributed by atoms with Crippen LogP contribution in [0.2, 0.25) is 5.02 Å². The maximum Gasteiger partial charge on any atom is 0.253 e. The van der Waals surface area contributed by atoms with Crippen molar-refractivity contribution in [1.29, 1.82) is 0 Å². The number of carbonyl (C=O) groups is 2. The third-order valence-corrected chi connectivity index (χ3v) is 4.60. The smallest absolute Gasteiger partial charge is 0.253 e. The van der Waals surface area contributed by atoms with Crippen LogP contribution in [0, 0.1) is 0 Å². The number of anilines is 1. The van der Waals surface area contributed by atoms with E-state index in [1.165, 1.54) is 0 Å². The van der Waals surface area contributed by atoms with Crippen molar-refractivity contribution < 1.29 is 9.59 Å². The van der Waals surface area contributed by atoms with E-state index in [2.05, 4.69) is 0 Å². The second-order valence-corrected chi connectivity index (χ2v) is 6.51. The summed E-state index contributed by atoms with van der Waals surface area (Å²) < 4.78 is 0. The first kappa shape index (κ1) is 16.5. The first-order valence-corrected chi connectivity index (χ1v) is 8.23. The molecule has 0 atom stereocenters. The summed E-state index contributed by atoms with van der Waals surface area (Å²) in [5, 5.41) is 0.609. The number of amides is 2. The normalized spacial score (nSPS) is 12.9. The second kappa shape index (κ2) is 6.65. The Balaban J connectivity index is 1.81. The van der Waals surface area contributed by atoms with Crippen molar-refractivity contribution >= 4 is 29.1 Å². The van der Waals surface area contributed by atoms with Gasteiger partial charge in [0.05, 0.1) is 6.42 Å². The van der Waals surface area contributed by atoms with Crippen LogP contribution >= 0.6 is 11.6 Å². The van der Waals surface area contributed by atoms with Crippen LogP contribution in [0.4, 0.5) is 5.69 Å². The first-order valence-electron chi connectivity index (χ1n) is 7.85. The van der Waals surface area contributed by atoms with E-state index < -0.39 is 0 Å². The van der Waals surface area contributed by atoms with Gasteiger partial charge < -0.3 is 9.80 Å². The van der Waals surface area contributed by atoms with E-state index in [0.29, 0.717) is 17.1 Å². The summed E-state index contributed by atoms with van der Waals surface area (Å²) >= 11 is 6.15. The summed E-state index contributed by atoms with van der Waals surface area (Å²) in [4.78, 5) is 28.1. The minimum absolute atomic E-state index is 0.0218. The highest BCUT2D eigenvalue weighted by atomic mass is 35.5. The van der Waals surface area contributed by atoms with Crippen LogP contribution in [0.1, 0.15) is 21.5 Å². The average Bonchev–Trinajstić information content (AvgIpc) is 2.99. The van der Waals surface area contributed by atoms with Gasteiger partial charge in [-0.1, -0.05) is 29.8 Å². The maximum atomic E-state index is 12.6. The molecule has 2 amide bonds. The number of hydrogen-bond acceptors (Lipinski definition) is 2. The highest BCUT2D eigenvalue weighted by molar-refractivity contribution is 6.31. The molecule has 0 saturated carbocycles. The Morgan fingerprint density at radius 2 is 1.92 bits per heavy atom. The zero-order chi connectivity index (χ0) is 17.3. The predicted octanol–water partition coefficient (Wildman–Crippen LogP) is 3.17. The fraction of sp³-hybridized carbons (Fsp3) is 0.263. The van der Waals surface area contributed by atoms with E-state index >= 15 is 0 Å². The number of nitrogens with zero attached hydrogens (tertiary/aromatic N) is 2. The van der Waals surface area contributed by atoms with Gasteiger partial charge in [0.25, 0.3) is 5.91 Å². The standard InChI is InChI=1S/C19H19ClN2O2/c1-21(2)19(24)15-7-8-17-14(11-15)9-10-22(17)18(23)12-13-5-3-4-6-16(13)20/h3-8,11H,9-10,12H2,1-2H3. The van der Waals surface area contributed by atoms with Crippen molar-refractivity contribution in [3.8, 4) is 0 Å². The zero-order valence-corrected chi connectivity index (χ0v) is 14.5. The number of fused-ring (bicyclic) bond motifs is 1. The van der Waals surface area contributed by atoms with Gasteiger partial charge >= 0.3 is 0 Å². The molecule has 0 bridgehead atoms. The number of benzene rings is 2. The van der Waals surface area contributed by atoms with Crippen LogP contribution in [-0.2, 0) is 17.6 Å². The summed E-state index contributed by atoms with van der Waals surface area (Å²) in [5.74, 6) is -0.00724. The lowest BCUT2D eigenvalue weighted by Crippen LogP contribution is -2.30. The summed E-state index contributed by atoms with van der Waals surface area (Å²) in [5.41, 5.74) is 3.41. The van der Waals surface area contributed by atoms with Crippen molar-refractivity contribution in [3.05, 3.63) is 64.2 Å².